The molecule has 0 aliphatic rings. The summed E-state index contributed by atoms with van der Waals surface area (Å²) in [6.07, 6.45) is 1.76. The number of hydrogen-bond donors (Lipinski definition) is 1. The zero-order valence-corrected chi connectivity index (χ0v) is 9.92. The van der Waals surface area contributed by atoms with Gasteiger partial charge in [-0.25, -0.2) is 4.98 Å². The molecule has 5 heteroatoms. The predicted octanol–water partition coefficient (Wildman–Crippen LogP) is 0.524. The maximum Gasteiger partial charge on any atom is 0.248 e. The lowest BCUT2D eigenvalue weighted by atomic mass is 10.2. The van der Waals surface area contributed by atoms with Crippen molar-refractivity contribution in [2.75, 3.05) is 13.7 Å². The van der Waals surface area contributed by atoms with E-state index in [1.165, 1.54) is 4.90 Å². The minimum Gasteiger partial charge on any atom is -0.387 e. The minimum absolute atomic E-state index is 0.286. The summed E-state index contributed by atoms with van der Waals surface area (Å²) in [5.41, 5.74) is 2.97. The fourth-order valence-electron chi connectivity index (χ4n) is 1.76. The van der Waals surface area contributed by atoms with Crippen molar-refractivity contribution in [1.82, 2.24) is 14.5 Å². The zero-order valence-electron chi connectivity index (χ0n) is 9.92. The van der Waals surface area contributed by atoms with E-state index in [1.807, 2.05) is 29.8 Å². The molecular weight excluding hydrogens is 218 g/mol. The van der Waals surface area contributed by atoms with Crippen LogP contribution in [0.25, 0.3) is 11.0 Å². The molecule has 1 aromatic carbocycles. The molecule has 0 aliphatic carbocycles. The Hall–Kier alpha value is -1.88. The van der Waals surface area contributed by atoms with Gasteiger partial charge in [-0.1, -0.05) is 6.07 Å². The smallest absolute Gasteiger partial charge is 0.248 e. The molecule has 5 nitrogen and oxygen atoms in total. The average molecular weight is 233 g/mol. The number of aryl methyl sites for hydroxylation is 1. The molecule has 0 spiro atoms. The Balaban J connectivity index is 2.22. The number of nitrogens with zero attached hydrogens (tertiary/aromatic N) is 3. The molecule has 1 aromatic heterocycles. The molecule has 2 aromatic rings. The van der Waals surface area contributed by atoms with Gasteiger partial charge in [0.2, 0.25) is 5.91 Å². The number of hydrogen-bond acceptors (Lipinski definition) is 3. The second kappa shape index (κ2) is 4.55. The van der Waals surface area contributed by atoms with Crippen molar-refractivity contribution in [3.05, 3.63) is 30.1 Å². The fraction of sp³-hybridized carbons (Fsp3) is 0.333. The molecular formula is C12H15N3O2. The number of aliphatic hydroxyl groups excluding tert-OH is 1. The van der Waals surface area contributed by atoms with Gasteiger partial charge in [-0.05, 0) is 17.7 Å². The van der Waals surface area contributed by atoms with Crippen LogP contribution in [0.15, 0.2) is 24.5 Å². The Morgan fingerprint density at radius 3 is 3.00 bits per heavy atom. The van der Waals surface area contributed by atoms with Crippen LogP contribution in [-0.2, 0) is 18.4 Å². The lowest BCUT2D eigenvalue weighted by Crippen LogP contribution is -2.28. The first-order chi connectivity index (χ1) is 8.11. The number of carbonyl (C=O) groups excluding carboxylic acids is 1. The molecule has 1 N–H and O–H groups in total. The highest BCUT2D eigenvalue weighted by Crippen LogP contribution is 2.14. The largest absolute Gasteiger partial charge is 0.387 e. The van der Waals surface area contributed by atoms with Gasteiger partial charge < -0.3 is 14.6 Å². The number of benzene rings is 1. The number of amides is 1. The quantitative estimate of drug-likeness (QED) is 0.841. The van der Waals surface area contributed by atoms with Crippen molar-refractivity contribution in [2.45, 2.75) is 6.54 Å². The molecule has 0 bridgehead atoms. The second-order valence-electron chi connectivity index (χ2n) is 4.09. The molecule has 0 radical (unpaired) electrons. The molecule has 17 heavy (non-hydrogen) atoms. The van der Waals surface area contributed by atoms with Crippen LogP contribution in [0.1, 0.15) is 5.56 Å². The van der Waals surface area contributed by atoms with E-state index in [0.717, 1.165) is 16.6 Å². The van der Waals surface area contributed by atoms with Gasteiger partial charge in [0.15, 0.2) is 0 Å². The maximum absolute atomic E-state index is 11.2. The van der Waals surface area contributed by atoms with Crippen molar-refractivity contribution in [3.63, 3.8) is 0 Å². The second-order valence-corrected chi connectivity index (χ2v) is 4.09. The summed E-state index contributed by atoms with van der Waals surface area (Å²) in [7, 11) is 3.61. The molecule has 1 heterocycles. The normalized spacial score (nSPS) is 10.8. The third-order valence-electron chi connectivity index (χ3n) is 2.77. The summed E-state index contributed by atoms with van der Waals surface area (Å²) < 4.78 is 1.95. The molecule has 90 valence electrons. The number of carbonyl (C=O) groups is 1. The highest BCUT2D eigenvalue weighted by molar-refractivity contribution is 5.78. The van der Waals surface area contributed by atoms with E-state index >= 15 is 0 Å². The number of aliphatic hydroxyl groups is 1. The summed E-state index contributed by atoms with van der Waals surface area (Å²) in [6.45, 7) is 0.0221. The van der Waals surface area contributed by atoms with Gasteiger partial charge in [-0.15, -0.1) is 0 Å². The van der Waals surface area contributed by atoms with Gasteiger partial charge in [-0.2, -0.15) is 0 Å². The Bertz CT molecular complexity index is 548. The molecule has 0 saturated heterocycles. The monoisotopic (exact) mass is 233 g/mol. The lowest BCUT2D eigenvalue weighted by molar-refractivity contribution is -0.133. The van der Waals surface area contributed by atoms with E-state index in [2.05, 4.69) is 4.98 Å². The Kier molecular flexibility index (Phi) is 3.10. The van der Waals surface area contributed by atoms with Crippen LogP contribution in [0.3, 0.4) is 0 Å². The van der Waals surface area contributed by atoms with Crippen molar-refractivity contribution in [1.29, 1.82) is 0 Å². The molecule has 0 fully saturated rings. The first kappa shape index (κ1) is 11.6. The van der Waals surface area contributed by atoms with Crippen molar-refractivity contribution >= 4 is 16.9 Å². The number of likely N-dealkylation sites (N-methyl/N-ethyl adjacent to an activating group) is 1. The molecule has 0 aliphatic heterocycles. The Morgan fingerprint density at radius 1 is 1.53 bits per heavy atom. The first-order valence-electron chi connectivity index (χ1n) is 5.36. The van der Waals surface area contributed by atoms with Gasteiger partial charge in [0.1, 0.15) is 6.61 Å². The van der Waals surface area contributed by atoms with Crippen LogP contribution in [0.5, 0.6) is 0 Å². The Labute approximate surface area is 99.3 Å². The summed E-state index contributed by atoms with van der Waals surface area (Å²) >= 11 is 0. The van der Waals surface area contributed by atoms with Crippen LogP contribution in [0, 0.1) is 0 Å². The average Bonchev–Trinajstić information content (AvgIpc) is 2.69. The highest BCUT2D eigenvalue weighted by atomic mass is 16.3. The van der Waals surface area contributed by atoms with Gasteiger partial charge in [0.25, 0.3) is 0 Å². The highest BCUT2D eigenvalue weighted by Gasteiger charge is 2.08. The minimum atomic E-state index is -0.456. The summed E-state index contributed by atoms with van der Waals surface area (Å²) in [6, 6.07) is 5.90. The predicted molar refractivity (Wildman–Crippen MR) is 64.3 cm³/mol. The number of rotatable bonds is 3. The summed E-state index contributed by atoms with van der Waals surface area (Å²) in [5, 5.41) is 8.75. The van der Waals surface area contributed by atoms with E-state index in [1.54, 1.807) is 13.4 Å². The Morgan fingerprint density at radius 2 is 2.29 bits per heavy atom. The summed E-state index contributed by atoms with van der Waals surface area (Å²) in [4.78, 5) is 17.0. The van der Waals surface area contributed by atoms with Crippen LogP contribution >= 0.6 is 0 Å². The van der Waals surface area contributed by atoms with Gasteiger partial charge in [0, 0.05) is 20.6 Å². The summed E-state index contributed by atoms with van der Waals surface area (Å²) in [5.74, 6) is -0.286. The first-order valence-corrected chi connectivity index (χ1v) is 5.36. The number of imidazole rings is 1. The third kappa shape index (κ3) is 2.29. The molecule has 0 atom stereocenters. The van der Waals surface area contributed by atoms with Crippen LogP contribution in [0.2, 0.25) is 0 Å². The SMILES string of the molecule is CN(Cc1ccc2c(c1)ncn2C)C(=O)CO. The van der Waals surface area contributed by atoms with Crippen LogP contribution < -0.4 is 0 Å². The van der Waals surface area contributed by atoms with Crippen LogP contribution in [0.4, 0.5) is 0 Å². The van der Waals surface area contributed by atoms with E-state index in [9.17, 15) is 4.79 Å². The van der Waals surface area contributed by atoms with Crippen molar-refractivity contribution in [3.8, 4) is 0 Å². The molecule has 2 rings (SSSR count). The van der Waals surface area contributed by atoms with E-state index < -0.39 is 6.61 Å². The van der Waals surface area contributed by atoms with E-state index in [0.29, 0.717) is 6.54 Å². The number of aromatic nitrogens is 2. The van der Waals surface area contributed by atoms with Crippen LogP contribution in [-0.4, -0.2) is 39.1 Å². The molecule has 0 unspecified atom stereocenters. The molecule has 0 saturated carbocycles. The fourth-order valence-corrected chi connectivity index (χ4v) is 1.76. The van der Waals surface area contributed by atoms with E-state index in [-0.39, 0.29) is 5.91 Å². The van der Waals surface area contributed by atoms with Crippen molar-refractivity contribution in [2.24, 2.45) is 7.05 Å². The molecule has 1 amide bonds. The maximum atomic E-state index is 11.2. The van der Waals surface area contributed by atoms with Crippen molar-refractivity contribution < 1.29 is 9.90 Å². The van der Waals surface area contributed by atoms with Gasteiger partial charge in [-0.3, -0.25) is 4.79 Å². The standard InChI is InChI=1S/C12H15N3O2/c1-14(12(17)7-16)6-9-3-4-11-10(5-9)13-8-15(11)2/h3-5,8,16H,6-7H2,1-2H3. The van der Waals surface area contributed by atoms with E-state index in [4.69, 9.17) is 5.11 Å². The lowest BCUT2D eigenvalue weighted by Gasteiger charge is -2.15. The zero-order chi connectivity index (χ0) is 12.4. The van der Waals surface area contributed by atoms with Gasteiger partial charge in [0.05, 0.1) is 17.4 Å². The van der Waals surface area contributed by atoms with Gasteiger partial charge >= 0.3 is 0 Å². The third-order valence-corrected chi connectivity index (χ3v) is 2.77. The topological polar surface area (TPSA) is 58.4 Å². The number of fused-ring (bicyclic) bond motifs is 1.